The van der Waals surface area contributed by atoms with Crippen LogP contribution in [0.2, 0.25) is 0 Å². The molecular weight excluding hydrogens is 226 g/mol. The van der Waals surface area contributed by atoms with Crippen molar-refractivity contribution in [2.24, 2.45) is 11.7 Å². The molecule has 0 saturated heterocycles. The van der Waals surface area contributed by atoms with E-state index in [1.165, 1.54) is 4.31 Å². The summed E-state index contributed by atoms with van der Waals surface area (Å²) in [5, 5.41) is 0. The first kappa shape index (κ1) is 15.8. The maximum atomic E-state index is 11.9. The zero-order valence-corrected chi connectivity index (χ0v) is 11.4. The smallest absolute Gasteiger partial charge is 0.279 e. The Morgan fingerprint density at radius 3 is 2.38 bits per heavy atom. The first-order valence-corrected chi connectivity index (χ1v) is 7.32. The van der Waals surface area contributed by atoms with Crippen LogP contribution in [0.5, 0.6) is 0 Å². The van der Waals surface area contributed by atoms with Crippen LogP contribution < -0.4 is 10.5 Å². The van der Waals surface area contributed by atoms with E-state index in [9.17, 15) is 8.42 Å². The minimum Gasteiger partial charge on any atom is -0.330 e. The maximum absolute atomic E-state index is 11.9. The van der Waals surface area contributed by atoms with Crippen molar-refractivity contribution in [3.05, 3.63) is 0 Å². The Labute approximate surface area is 99.6 Å². The quantitative estimate of drug-likeness (QED) is 0.628. The predicted octanol–water partition coefficient (Wildman–Crippen LogP) is 0.538. The highest BCUT2D eigenvalue weighted by Crippen LogP contribution is 2.02. The molecule has 0 spiro atoms. The Bertz CT molecular complexity index is 265. The zero-order valence-electron chi connectivity index (χ0n) is 10.6. The molecule has 0 aromatic heterocycles. The van der Waals surface area contributed by atoms with Crippen LogP contribution in [0.1, 0.15) is 33.6 Å². The topological polar surface area (TPSA) is 75.4 Å². The molecule has 98 valence electrons. The summed E-state index contributed by atoms with van der Waals surface area (Å²) in [5.74, 6) is 0.313. The van der Waals surface area contributed by atoms with E-state index in [-0.39, 0.29) is 0 Å². The normalized spacial score (nSPS) is 12.6. The van der Waals surface area contributed by atoms with Gasteiger partial charge in [-0.25, -0.2) is 4.72 Å². The summed E-state index contributed by atoms with van der Waals surface area (Å²) in [4.78, 5) is 0. The van der Waals surface area contributed by atoms with Crippen molar-refractivity contribution >= 4 is 10.2 Å². The minimum atomic E-state index is -3.32. The second kappa shape index (κ2) is 8.00. The van der Waals surface area contributed by atoms with Gasteiger partial charge >= 0.3 is 0 Å². The molecule has 16 heavy (non-hydrogen) atoms. The molecule has 0 aliphatic carbocycles. The zero-order chi connectivity index (χ0) is 12.6. The van der Waals surface area contributed by atoms with Gasteiger partial charge in [0, 0.05) is 19.6 Å². The summed E-state index contributed by atoms with van der Waals surface area (Å²) >= 11 is 0. The Kier molecular flexibility index (Phi) is 7.91. The summed E-state index contributed by atoms with van der Waals surface area (Å²) in [5.41, 5.74) is 5.40. The van der Waals surface area contributed by atoms with Gasteiger partial charge in [-0.2, -0.15) is 12.7 Å². The van der Waals surface area contributed by atoms with Crippen LogP contribution in [-0.4, -0.2) is 38.9 Å². The lowest BCUT2D eigenvalue weighted by atomic mass is 10.2. The van der Waals surface area contributed by atoms with Gasteiger partial charge in [0.15, 0.2) is 0 Å². The molecule has 0 radical (unpaired) electrons. The summed E-state index contributed by atoms with van der Waals surface area (Å²) < 4.78 is 27.9. The Morgan fingerprint density at radius 2 is 1.94 bits per heavy atom. The van der Waals surface area contributed by atoms with Gasteiger partial charge in [-0.15, -0.1) is 0 Å². The van der Waals surface area contributed by atoms with Crippen molar-refractivity contribution in [3.63, 3.8) is 0 Å². The number of hydrogen-bond donors (Lipinski definition) is 2. The van der Waals surface area contributed by atoms with E-state index in [1.807, 2.05) is 20.8 Å². The van der Waals surface area contributed by atoms with Crippen molar-refractivity contribution in [3.8, 4) is 0 Å². The van der Waals surface area contributed by atoms with Crippen LogP contribution in [0.4, 0.5) is 0 Å². The van der Waals surface area contributed by atoms with Crippen molar-refractivity contribution in [2.45, 2.75) is 33.6 Å². The van der Waals surface area contributed by atoms with E-state index in [4.69, 9.17) is 5.73 Å². The fourth-order valence-corrected chi connectivity index (χ4v) is 2.75. The average Bonchev–Trinajstić information content (AvgIpc) is 2.21. The van der Waals surface area contributed by atoms with Gasteiger partial charge in [0.05, 0.1) is 0 Å². The average molecular weight is 251 g/mol. The van der Waals surface area contributed by atoms with Crippen molar-refractivity contribution in [2.75, 3.05) is 26.2 Å². The molecule has 0 aliphatic heterocycles. The SMILES string of the molecule is CCCN(CCCN)S(=O)(=O)NCC(C)C. The molecule has 0 aromatic rings. The number of nitrogens with one attached hydrogen (secondary N) is 1. The molecular formula is C10H25N3O2S. The molecule has 6 heteroatoms. The third kappa shape index (κ3) is 6.42. The van der Waals surface area contributed by atoms with E-state index < -0.39 is 10.2 Å². The van der Waals surface area contributed by atoms with Crippen LogP contribution >= 0.6 is 0 Å². The Balaban J connectivity index is 4.37. The van der Waals surface area contributed by atoms with Crippen molar-refractivity contribution in [1.29, 1.82) is 0 Å². The second-order valence-electron chi connectivity index (χ2n) is 4.29. The maximum Gasteiger partial charge on any atom is 0.279 e. The van der Waals surface area contributed by atoms with Crippen molar-refractivity contribution < 1.29 is 8.42 Å². The molecule has 0 atom stereocenters. The highest BCUT2D eigenvalue weighted by atomic mass is 32.2. The summed E-state index contributed by atoms with van der Waals surface area (Å²) in [6, 6.07) is 0. The third-order valence-corrected chi connectivity index (χ3v) is 3.67. The van der Waals surface area contributed by atoms with Gasteiger partial charge < -0.3 is 5.73 Å². The molecule has 0 heterocycles. The van der Waals surface area contributed by atoms with E-state index in [0.717, 1.165) is 6.42 Å². The van der Waals surface area contributed by atoms with Crippen LogP contribution in [0, 0.1) is 5.92 Å². The largest absolute Gasteiger partial charge is 0.330 e. The molecule has 0 bridgehead atoms. The van der Waals surface area contributed by atoms with E-state index >= 15 is 0 Å². The standard InChI is InChI=1S/C10H25N3O2S/c1-4-7-13(8-5-6-11)16(14,15)12-9-10(2)3/h10,12H,4-9,11H2,1-3H3. The fourth-order valence-electron chi connectivity index (χ4n) is 1.23. The molecule has 0 saturated carbocycles. The lowest BCUT2D eigenvalue weighted by Gasteiger charge is -2.22. The number of nitrogens with two attached hydrogens (primary N) is 1. The van der Waals surface area contributed by atoms with Gasteiger partial charge in [0.25, 0.3) is 10.2 Å². The molecule has 3 N–H and O–H groups in total. The molecule has 0 unspecified atom stereocenters. The van der Waals surface area contributed by atoms with E-state index in [2.05, 4.69) is 4.72 Å². The molecule has 0 aromatic carbocycles. The number of rotatable bonds is 9. The van der Waals surface area contributed by atoms with Crippen LogP contribution in [0.3, 0.4) is 0 Å². The van der Waals surface area contributed by atoms with Gasteiger partial charge in [-0.05, 0) is 25.3 Å². The van der Waals surface area contributed by atoms with Gasteiger partial charge in [-0.3, -0.25) is 0 Å². The molecule has 5 nitrogen and oxygen atoms in total. The first-order chi connectivity index (χ1) is 7.44. The summed E-state index contributed by atoms with van der Waals surface area (Å²) in [6.07, 6.45) is 1.51. The molecule has 0 fully saturated rings. The highest BCUT2D eigenvalue weighted by molar-refractivity contribution is 7.87. The van der Waals surface area contributed by atoms with Gasteiger partial charge in [0.2, 0.25) is 0 Å². The molecule has 0 aliphatic rings. The predicted molar refractivity (Wildman–Crippen MR) is 67.3 cm³/mol. The first-order valence-electron chi connectivity index (χ1n) is 5.88. The third-order valence-electron chi connectivity index (χ3n) is 2.10. The summed E-state index contributed by atoms with van der Waals surface area (Å²) in [6.45, 7) is 7.96. The fraction of sp³-hybridized carbons (Fsp3) is 1.00. The molecule has 0 rings (SSSR count). The lowest BCUT2D eigenvalue weighted by Crippen LogP contribution is -2.43. The minimum absolute atomic E-state index is 0.313. The number of nitrogens with zero attached hydrogens (tertiary/aromatic N) is 1. The van der Waals surface area contributed by atoms with E-state index in [0.29, 0.717) is 38.5 Å². The van der Waals surface area contributed by atoms with Crippen LogP contribution in [-0.2, 0) is 10.2 Å². The molecule has 0 amide bonds. The van der Waals surface area contributed by atoms with Crippen LogP contribution in [0.25, 0.3) is 0 Å². The van der Waals surface area contributed by atoms with Crippen molar-refractivity contribution in [1.82, 2.24) is 9.03 Å². The van der Waals surface area contributed by atoms with Crippen LogP contribution in [0.15, 0.2) is 0 Å². The van der Waals surface area contributed by atoms with Gasteiger partial charge in [-0.1, -0.05) is 20.8 Å². The van der Waals surface area contributed by atoms with E-state index in [1.54, 1.807) is 0 Å². The Morgan fingerprint density at radius 1 is 1.31 bits per heavy atom. The Hall–Kier alpha value is -0.170. The monoisotopic (exact) mass is 251 g/mol. The lowest BCUT2D eigenvalue weighted by molar-refractivity contribution is 0.395. The highest BCUT2D eigenvalue weighted by Gasteiger charge is 2.19. The summed E-state index contributed by atoms with van der Waals surface area (Å²) in [7, 11) is -3.32. The number of hydrogen-bond acceptors (Lipinski definition) is 3. The van der Waals surface area contributed by atoms with Gasteiger partial charge in [0.1, 0.15) is 0 Å². The second-order valence-corrected chi connectivity index (χ2v) is 6.04.